The van der Waals surface area contributed by atoms with Crippen molar-refractivity contribution in [3.05, 3.63) is 0 Å². The highest BCUT2D eigenvalue weighted by Gasteiger charge is 2.28. The minimum Gasteiger partial charge on any atom is -0.396 e. The van der Waals surface area contributed by atoms with Crippen molar-refractivity contribution in [1.29, 1.82) is 0 Å². The molecule has 1 aliphatic carbocycles. The van der Waals surface area contributed by atoms with Crippen molar-refractivity contribution in [2.24, 2.45) is 11.8 Å². The molecule has 1 atom stereocenters. The number of hydrogen-bond acceptors (Lipinski definition) is 3. The Morgan fingerprint density at radius 2 is 1.94 bits per heavy atom. The van der Waals surface area contributed by atoms with E-state index in [1.807, 2.05) is 11.8 Å². The van der Waals surface area contributed by atoms with E-state index >= 15 is 0 Å². The minimum atomic E-state index is -0.304. The quantitative estimate of drug-likeness (QED) is 0.782. The lowest BCUT2D eigenvalue weighted by molar-refractivity contribution is -0.144. The van der Waals surface area contributed by atoms with E-state index in [1.165, 1.54) is 12.8 Å². The number of rotatable bonds is 5. The number of nitrogens with zero attached hydrogens (tertiary/aromatic N) is 1. The fourth-order valence-corrected chi connectivity index (χ4v) is 2.23. The molecule has 0 aromatic heterocycles. The van der Waals surface area contributed by atoms with Gasteiger partial charge in [-0.3, -0.25) is 4.79 Å². The van der Waals surface area contributed by atoms with Gasteiger partial charge in [0.05, 0.1) is 6.61 Å². The highest BCUT2D eigenvalue weighted by Crippen LogP contribution is 2.29. The van der Waals surface area contributed by atoms with Gasteiger partial charge < -0.3 is 14.7 Å². The monoisotopic (exact) mass is 241 g/mol. The Hall–Kier alpha value is -0.610. The Morgan fingerprint density at radius 1 is 1.29 bits per heavy atom. The van der Waals surface area contributed by atoms with Crippen LogP contribution in [0, 0.1) is 11.8 Å². The van der Waals surface area contributed by atoms with Crippen LogP contribution in [0.4, 0.5) is 0 Å². The van der Waals surface area contributed by atoms with Gasteiger partial charge in [-0.05, 0) is 44.4 Å². The second-order valence-corrected chi connectivity index (χ2v) is 5.37. The third kappa shape index (κ3) is 3.68. The summed E-state index contributed by atoms with van der Waals surface area (Å²) in [6, 6.07) is 0. The SMILES string of the molecule is CC(OCC1CC1)C(=O)N1CCC(CO)CC1. The van der Waals surface area contributed by atoms with Crippen molar-refractivity contribution in [3.8, 4) is 0 Å². The molecule has 1 aliphatic heterocycles. The summed E-state index contributed by atoms with van der Waals surface area (Å²) in [5, 5.41) is 9.05. The van der Waals surface area contributed by atoms with Crippen LogP contribution in [0.25, 0.3) is 0 Å². The van der Waals surface area contributed by atoms with Gasteiger partial charge in [-0.25, -0.2) is 0 Å². The number of likely N-dealkylation sites (tertiary alicyclic amines) is 1. The third-order valence-electron chi connectivity index (χ3n) is 3.81. The van der Waals surface area contributed by atoms with E-state index in [2.05, 4.69) is 0 Å². The van der Waals surface area contributed by atoms with Gasteiger partial charge in [-0.2, -0.15) is 0 Å². The van der Waals surface area contributed by atoms with Crippen molar-refractivity contribution < 1.29 is 14.6 Å². The second-order valence-electron chi connectivity index (χ2n) is 5.37. The normalized spacial score (nSPS) is 23.8. The first-order valence-electron chi connectivity index (χ1n) is 6.72. The molecule has 1 N–H and O–H groups in total. The zero-order valence-electron chi connectivity index (χ0n) is 10.6. The molecule has 1 heterocycles. The molecule has 0 aromatic carbocycles. The average Bonchev–Trinajstić information content (AvgIpc) is 3.19. The number of aliphatic hydroxyl groups is 1. The second kappa shape index (κ2) is 5.83. The molecule has 2 aliphatic rings. The van der Waals surface area contributed by atoms with Gasteiger partial charge in [0.2, 0.25) is 0 Å². The summed E-state index contributed by atoms with van der Waals surface area (Å²) in [6.07, 6.45) is 4.03. The Balaban J connectivity index is 1.70. The first kappa shape index (κ1) is 12.8. The van der Waals surface area contributed by atoms with E-state index in [0.29, 0.717) is 11.8 Å². The third-order valence-corrected chi connectivity index (χ3v) is 3.81. The van der Waals surface area contributed by atoms with Crippen LogP contribution >= 0.6 is 0 Å². The predicted molar refractivity (Wildman–Crippen MR) is 64.5 cm³/mol. The molecule has 1 amide bonds. The molecule has 0 bridgehead atoms. The minimum absolute atomic E-state index is 0.113. The van der Waals surface area contributed by atoms with E-state index in [9.17, 15) is 4.79 Å². The smallest absolute Gasteiger partial charge is 0.251 e. The van der Waals surface area contributed by atoms with Crippen LogP contribution in [0.5, 0.6) is 0 Å². The van der Waals surface area contributed by atoms with Crippen LogP contribution in [-0.4, -0.2) is 48.3 Å². The van der Waals surface area contributed by atoms with Crippen LogP contribution in [0.15, 0.2) is 0 Å². The summed E-state index contributed by atoms with van der Waals surface area (Å²) in [5.74, 6) is 1.19. The molecule has 2 rings (SSSR count). The van der Waals surface area contributed by atoms with Gasteiger partial charge in [0.1, 0.15) is 6.10 Å². The van der Waals surface area contributed by atoms with Gasteiger partial charge in [-0.15, -0.1) is 0 Å². The van der Waals surface area contributed by atoms with Crippen molar-refractivity contribution in [1.82, 2.24) is 4.90 Å². The molecule has 0 radical (unpaired) electrons. The molecule has 98 valence electrons. The number of hydrogen-bond donors (Lipinski definition) is 1. The molecular formula is C13H23NO3. The van der Waals surface area contributed by atoms with Crippen molar-refractivity contribution in [2.45, 2.75) is 38.7 Å². The van der Waals surface area contributed by atoms with E-state index < -0.39 is 0 Å². The first-order chi connectivity index (χ1) is 8.20. The zero-order valence-corrected chi connectivity index (χ0v) is 10.6. The molecule has 17 heavy (non-hydrogen) atoms. The molecule has 0 spiro atoms. The average molecular weight is 241 g/mol. The Labute approximate surface area is 103 Å². The number of amides is 1. The van der Waals surface area contributed by atoms with E-state index in [4.69, 9.17) is 9.84 Å². The van der Waals surface area contributed by atoms with Crippen molar-refractivity contribution >= 4 is 5.91 Å². The van der Waals surface area contributed by atoms with Gasteiger partial charge >= 0.3 is 0 Å². The predicted octanol–water partition coefficient (Wildman–Crippen LogP) is 1.03. The lowest BCUT2D eigenvalue weighted by atomic mass is 9.97. The Bertz CT molecular complexity index is 257. The summed E-state index contributed by atoms with van der Waals surface area (Å²) < 4.78 is 5.59. The topological polar surface area (TPSA) is 49.8 Å². The molecule has 0 aromatic rings. The maximum Gasteiger partial charge on any atom is 0.251 e. The summed E-state index contributed by atoms with van der Waals surface area (Å²) in [6.45, 7) is 4.36. The van der Waals surface area contributed by atoms with Gasteiger partial charge in [-0.1, -0.05) is 0 Å². The van der Waals surface area contributed by atoms with Crippen LogP contribution in [0.1, 0.15) is 32.6 Å². The molecular weight excluding hydrogens is 218 g/mol. The molecule has 4 heteroatoms. The van der Waals surface area contributed by atoms with Gasteiger partial charge in [0.25, 0.3) is 5.91 Å². The lowest BCUT2D eigenvalue weighted by Gasteiger charge is -2.32. The summed E-state index contributed by atoms with van der Waals surface area (Å²) in [4.78, 5) is 13.9. The number of piperidine rings is 1. The van der Waals surface area contributed by atoms with Gasteiger partial charge in [0, 0.05) is 19.7 Å². The largest absolute Gasteiger partial charge is 0.396 e. The van der Waals surface area contributed by atoms with E-state index in [0.717, 1.165) is 32.5 Å². The summed E-state index contributed by atoms with van der Waals surface area (Å²) in [5.41, 5.74) is 0. The number of carbonyl (C=O) groups is 1. The maximum absolute atomic E-state index is 12.1. The van der Waals surface area contributed by atoms with Crippen molar-refractivity contribution in [3.63, 3.8) is 0 Å². The van der Waals surface area contributed by atoms with Crippen LogP contribution < -0.4 is 0 Å². The van der Waals surface area contributed by atoms with Crippen molar-refractivity contribution in [2.75, 3.05) is 26.3 Å². The first-order valence-corrected chi connectivity index (χ1v) is 6.72. The van der Waals surface area contributed by atoms with Gasteiger partial charge in [0.15, 0.2) is 0 Å². The van der Waals surface area contributed by atoms with Crippen LogP contribution in [0.3, 0.4) is 0 Å². The number of ether oxygens (including phenoxy) is 1. The fourth-order valence-electron chi connectivity index (χ4n) is 2.23. The molecule has 1 unspecified atom stereocenters. The zero-order chi connectivity index (χ0) is 12.3. The van der Waals surface area contributed by atoms with E-state index in [1.54, 1.807) is 0 Å². The fraction of sp³-hybridized carbons (Fsp3) is 0.923. The Kier molecular flexibility index (Phi) is 4.40. The number of carbonyl (C=O) groups excluding carboxylic acids is 1. The highest BCUT2D eigenvalue weighted by atomic mass is 16.5. The van der Waals surface area contributed by atoms with E-state index in [-0.39, 0.29) is 18.6 Å². The highest BCUT2D eigenvalue weighted by molar-refractivity contribution is 5.80. The molecule has 4 nitrogen and oxygen atoms in total. The number of aliphatic hydroxyl groups excluding tert-OH is 1. The molecule has 1 saturated carbocycles. The Morgan fingerprint density at radius 3 is 2.47 bits per heavy atom. The van der Waals surface area contributed by atoms with Crippen LogP contribution in [0.2, 0.25) is 0 Å². The van der Waals surface area contributed by atoms with Crippen LogP contribution in [-0.2, 0) is 9.53 Å². The lowest BCUT2D eigenvalue weighted by Crippen LogP contribution is -2.44. The summed E-state index contributed by atoms with van der Waals surface area (Å²) >= 11 is 0. The standard InChI is InChI=1S/C13H23NO3/c1-10(17-9-12-2-3-12)13(16)14-6-4-11(8-15)5-7-14/h10-12,15H,2-9H2,1H3. The summed E-state index contributed by atoms with van der Waals surface area (Å²) in [7, 11) is 0. The molecule has 1 saturated heterocycles. The maximum atomic E-state index is 12.1. The molecule has 2 fully saturated rings.